The third-order valence-electron chi connectivity index (χ3n) is 5.84. The van der Waals surface area contributed by atoms with Crippen molar-refractivity contribution >= 4 is 0 Å². The van der Waals surface area contributed by atoms with Crippen LogP contribution in [0.15, 0.2) is 54.6 Å². The van der Waals surface area contributed by atoms with Crippen LogP contribution in [0, 0.1) is 0 Å². The topological polar surface area (TPSA) is 12.5 Å². The third-order valence-corrected chi connectivity index (χ3v) is 5.84. The summed E-state index contributed by atoms with van der Waals surface area (Å²) in [4.78, 5) is 2.52. The van der Waals surface area contributed by atoms with Gasteiger partial charge in [0, 0.05) is 12.6 Å². The molecule has 126 valence electrons. The van der Waals surface area contributed by atoms with E-state index in [2.05, 4.69) is 66.5 Å². The molecule has 1 aliphatic heterocycles. The normalized spacial score (nSPS) is 26.5. The van der Waals surface area contributed by atoms with E-state index >= 15 is 0 Å². The van der Waals surface area contributed by atoms with Gasteiger partial charge in [0.2, 0.25) is 0 Å². The van der Waals surface area contributed by atoms with Gasteiger partial charge < -0.3 is 4.74 Å². The molecule has 1 fully saturated rings. The van der Waals surface area contributed by atoms with Gasteiger partial charge in [-0.25, -0.2) is 0 Å². The maximum Gasteiger partial charge on any atom is 0.0949 e. The van der Waals surface area contributed by atoms with Gasteiger partial charge in [0.05, 0.1) is 12.2 Å². The van der Waals surface area contributed by atoms with E-state index < -0.39 is 0 Å². The first-order valence-electron chi connectivity index (χ1n) is 9.23. The van der Waals surface area contributed by atoms with Crippen LogP contribution < -0.4 is 0 Å². The van der Waals surface area contributed by atoms with Crippen LogP contribution in [-0.4, -0.2) is 24.6 Å². The molecule has 0 aromatic heterocycles. The Bertz CT molecular complexity index is 683. The number of hydrogen-bond acceptors (Lipinski definition) is 2. The largest absolute Gasteiger partial charge is 0.370 e. The fourth-order valence-electron chi connectivity index (χ4n) is 4.58. The Morgan fingerprint density at radius 1 is 1.08 bits per heavy atom. The molecule has 0 N–H and O–H groups in total. The second-order valence-corrected chi connectivity index (χ2v) is 7.40. The van der Waals surface area contributed by atoms with Gasteiger partial charge in [-0.2, -0.15) is 0 Å². The molecule has 2 nitrogen and oxygen atoms in total. The number of benzene rings is 2. The number of fused-ring (bicyclic) bond motifs is 2. The smallest absolute Gasteiger partial charge is 0.0949 e. The summed E-state index contributed by atoms with van der Waals surface area (Å²) in [6.07, 6.45) is 5.87. The van der Waals surface area contributed by atoms with E-state index in [-0.39, 0.29) is 5.60 Å². The Morgan fingerprint density at radius 2 is 1.88 bits per heavy atom. The van der Waals surface area contributed by atoms with Crippen molar-refractivity contribution in [3.8, 4) is 0 Å². The molecule has 2 aromatic carbocycles. The Kier molecular flexibility index (Phi) is 4.43. The number of hydrogen-bond donors (Lipinski definition) is 0. The molecule has 0 saturated heterocycles. The Hall–Kier alpha value is -1.64. The molecule has 1 aliphatic carbocycles. The molecule has 1 saturated carbocycles. The molecular weight excluding hydrogens is 294 g/mol. The van der Waals surface area contributed by atoms with Crippen LogP contribution in [0.5, 0.6) is 0 Å². The minimum absolute atomic E-state index is 0.0529. The summed E-state index contributed by atoms with van der Waals surface area (Å²) in [6, 6.07) is 20.3. The average Bonchev–Trinajstić information content (AvgIpc) is 2.63. The molecule has 1 spiro atoms. The first kappa shape index (κ1) is 15.9. The van der Waals surface area contributed by atoms with Crippen molar-refractivity contribution in [3.05, 3.63) is 71.3 Å². The van der Waals surface area contributed by atoms with Gasteiger partial charge in [-0.05, 0) is 55.8 Å². The van der Waals surface area contributed by atoms with Crippen molar-refractivity contribution in [2.75, 3.05) is 13.7 Å². The lowest BCUT2D eigenvalue weighted by Crippen LogP contribution is -2.46. The molecule has 0 amide bonds. The monoisotopic (exact) mass is 321 g/mol. The maximum atomic E-state index is 6.44. The predicted octanol–water partition coefficient (Wildman–Crippen LogP) is 4.53. The Labute approximate surface area is 145 Å². The highest BCUT2D eigenvalue weighted by Crippen LogP contribution is 2.45. The van der Waals surface area contributed by atoms with Crippen LogP contribution >= 0.6 is 0 Å². The van der Waals surface area contributed by atoms with Gasteiger partial charge >= 0.3 is 0 Å². The minimum atomic E-state index is -0.0529. The van der Waals surface area contributed by atoms with E-state index in [4.69, 9.17) is 4.74 Å². The molecule has 24 heavy (non-hydrogen) atoms. The highest BCUT2D eigenvalue weighted by molar-refractivity contribution is 5.35. The quantitative estimate of drug-likeness (QED) is 0.823. The molecule has 0 radical (unpaired) electrons. The van der Waals surface area contributed by atoms with E-state index in [1.807, 2.05) is 0 Å². The highest BCUT2D eigenvalue weighted by Gasteiger charge is 2.42. The number of ether oxygens (including phenoxy) is 1. The second kappa shape index (κ2) is 6.70. The lowest BCUT2D eigenvalue weighted by molar-refractivity contribution is -0.102. The van der Waals surface area contributed by atoms with Crippen molar-refractivity contribution < 1.29 is 4.74 Å². The summed E-state index contributed by atoms with van der Waals surface area (Å²) in [6.45, 7) is 1.88. The molecule has 2 atom stereocenters. The van der Waals surface area contributed by atoms with Crippen LogP contribution in [0.2, 0.25) is 0 Å². The zero-order valence-electron chi connectivity index (χ0n) is 14.6. The van der Waals surface area contributed by atoms with Crippen molar-refractivity contribution in [2.24, 2.45) is 0 Å². The van der Waals surface area contributed by atoms with Crippen molar-refractivity contribution in [1.29, 1.82) is 0 Å². The first-order chi connectivity index (χ1) is 11.8. The minimum Gasteiger partial charge on any atom is -0.370 e. The zero-order valence-corrected chi connectivity index (χ0v) is 14.6. The summed E-state index contributed by atoms with van der Waals surface area (Å²) in [5.74, 6) is 0. The fourth-order valence-corrected chi connectivity index (χ4v) is 4.58. The average molecular weight is 321 g/mol. The van der Waals surface area contributed by atoms with Crippen LogP contribution in [0.25, 0.3) is 0 Å². The summed E-state index contributed by atoms with van der Waals surface area (Å²) in [5, 5.41) is 0. The molecule has 0 bridgehead atoms. The first-order valence-corrected chi connectivity index (χ1v) is 9.23. The third kappa shape index (κ3) is 3.01. The highest BCUT2D eigenvalue weighted by atomic mass is 16.5. The Morgan fingerprint density at radius 3 is 2.75 bits per heavy atom. The Balaban J connectivity index is 1.54. The van der Waals surface area contributed by atoms with E-state index in [1.165, 1.54) is 36.0 Å². The standard InChI is InChI=1S/C22H27NO/c1-23(17-18-8-3-2-4-9-18)20-11-7-14-22(16-20)21-12-6-5-10-19(21)13-15-24-22/h2-6,8-10,12,20H,7,11,13-17H2,1H3/t20-,22+/m0/s1. The number of nitrogens with zero attached hydrogens (tertiary/aromatic N) is 1. The SMILES string of the molecule is CN(Cc1ccccc1)[C@H]1CCC[C@]2(C1)OCCc1ccccc12. The van der Waals surface area contributed by atoms with E-state index in [1.54, 1.807) is 0 Å². The van der Waals surface area contributed by atoms with E-state index in [0.717, 1.165) is 26.0 Å². The van der Waals surface area contributed by atoms with E-state index in [9.17, 15) is 0 Å². The molecule has 2 heteroatoms. The summed E-state index contributed by atoms with van der Waals surface area (Å²) in [5.41, 5.74) is 4.29. The van der Waals surface area contributed by atoms with Crippen molar-refractivity contribution in [2.45, 2.75) is 50.3 Å². The van der Waals surface area contributed by atoms with Gasteiger partial charge in [-0.1, -0.05) is 54.6 Å². The maximum absolute atomic E-state index is 6.44. The lowest BCUT2D eigenvalue weighted by Gasteiger charge is -2.46. The molecular formula is C22H27NO. The lowest BCUT2D eigenvalue weighted by atomic mass is 9.73. The van der Waals surface area contributed by atoms with Gasteiger partial charge in [0.1, 0.15) is 0 Å². The van der Waals surface area contributed by atoms with Crippen LogP contribution in [0.1, 0.15) is 42.4 Å². The van der Waals surface area contributed by atoms with Crippen molar-refractivity contribution in [1.82, 2.24) is 4.90 Å². The van der Waals surface area contributed by atoms with Crippen molar-refractivity contribution in [3.63, 3.8) is 0 Å². The summed E-state index contributed by atoms with van der Waals surface area (Å²) < 4.78 is 6.44. The molecule has 0 unspecified atom stereocenters. The van der Waals surface area contributed by atoms with Crippen LogP contribution in [-0.2, 0) is 23.3 Å². The molecule has 4 rings (SSSR count). The van der Waals surface area contributed by atoms with Crippen LogP contribution in [0.3, 0.4) is 0 Å². The van der Waals surface area contributed by atoms with Gasteiger partial charge in [-0.15, -0.1) is 0 Å². The van der Waals surface area contributed by atoms with Gasteiger partial charge in [-0.3, -0.25) is 4.90 Å². The van der Waals surface area contributed by atoms with Gasteiger partial charge in [0.25, 0.3) is 0 Å². The summed E-state index contributed by atoms with van der Waals surface area (Å²) in [7, 11) is 2.27. The second-order valence-electron chi connectivity index (χ2n) is 7.40. The molecule has 2 aliphatic rings. The zero-order chi connectivity index (χ0) is 16.4. The number of rotatable bonds is 3. The molecule has 2 aromatic rings. The predicted molar refractivity (Wildman–Crippen MR) is 97.9 cm³/mol. The van der Waals surface area contributed by atoms with Crippen LogP contribution in [0.4, 0.5) is 0 Å². The van der Waals surface area contributed by atoms with E-state index in [0.29, 0.717) is 6.04 Å². The van der Waals surface area contributed by atoms with Gasteiger partial charge in [0.15, 0.2) is 0 Å². The molecule has 1 heterocycles. The fraction of sp³-hybridized carbons (Fsp3) is 0.455. The summed E-state index contributed by atoms with van der Waals surface area (Å²) >= 11 is 0.